The van der Waals surface area contributed by atoms with E-state index in [-0.39, 0.29) is 11.4 Å². The number of ether oxygens (including phenoxy) is 1. The average molecular weight is 243 g/mol. The van der Waals surface area contributed by atoms with Gasteiger partial charge in [0.1, 0.15) is 29.9 Å². The van der Waals surface area contributed by atoms with Gasteiger partial charge >= 0.3 is 0 Å². The van der Waals surface area contributed by atoms with Gasteiger partial charge < -0.3 is 4.74 Å². The molecular weight excluding hydrogens is 233 g/mol. The minimum absolute atomic E-state index is 0.0744. The van der Waals surface area contributed by atoms with Crippen molar-refractivity contribution in [3.8, 4) is 11.8 Å². The molecule has 0 bridgehead atoms. The maximum atomic E-state index is 13.8. The highest BCUT2D eigenvalue weighted by Crippen LogP contribution is 2.22. The van der Waals surface area contributed by atoms with E-state index in [0.717, 1.165) is 6.33 Å². The topological polar surface area (TPSA) is 58.8 Å². The number of aromatic nitrogens is 2. The second kappa shape index (κ2) is 5.23. The largest absolute Gasteiger partial charge is 0.484 e. The third-order valence-electron chi connectivity index (χ3n) is 2.36. The van der Waals surface area contributed by atoms with E-state index in [9.17, 15) is 4.39 Å². The number of hydrogen-bond acceptors (Lipinski definition) is 4. The van der Waals surface area contributed by atoms with Crippen molar-refractivity contribution in [1.29, 1.82) is 5.26 Å². The van der Waals surface area contributed by atoms with Crippen molar-refractivity contribution in [3.63, 3.8) is 0 Å². The van der Waals surface area contributed by atoms with Gasteiger partial charge in [0.15, 0.2) is 11.5 Å². The number of para-hydroxylation sites is 1. The van der Waals surface area contributed by atoms with Crippen molar-refractivity contribution in [2.75, 3.05) is 0 Å². The Kier molecular flexibility index (Phi) is 3.49. The molecule has 2 rings (SSSR count). The van der Waals surface area contributed by atoms with Crippen LogP contribution in [0.25, 0.3) is 0 Å². The molecule has 0 saturated heterocycles. The van der Waals surface area contributed by atoms with Gasteiger partial charge in [-0.25, -0.2) is 14.4 Å². The van der Waals surface area contributed by atoms with Crippen LogP contribution in [-0.2, 0) is 0 Å². The maximum absolute atomic E-state index is 13.8. The summed E-state index contributed by atoms with van der Waals surface area (Å²) in [4.78, 5) is 7.36. The zero-order valence-electron chi connectivity index (χ0n) is 9.67. The molecule has 0 aliphatic rings. The lowest BCUT2D eigenvalue weighted by Gasteiger charge is -2.14. The average Bonchev–Trinajstić information content (AvgIpc) is 2.40. The molecule has 1 unspecified atom stereocenters. The van der Waals surface area contributed by atoms with Gasteiger partial charge in [-0.05, 0) is 19.1 Å². The monoisotopic (exact) mass is 243 g/mol. The van der Waals surface area contributed by atoms with E-state index in [4.69, 9.17) is 10.00 Å². The molecule has 0 spiro atoms. The summed E-state index contributed by atoms with van der Waals surface area (Å²) in [5.41, 5.74) is -0.200. The molecule has 2 aromatic rings. The van der Waals surface area contributed by atoms with E-state index in [2.05, 4.69) is 9.97 Å². The van der Waals surface area contributed by atoms with Crippen LogP contribution in [-0.4, -0.2) is 9.97 Å². The van der Waals surface area contributed by atoms with Gasteiger partial charge in [-0.1, -0.05) is 18.2 Å². The SMILES string of the molecule is CC(Oc1ccccc1)c1ncnc(C#N)c1F. The van der Waals surface area contributed by atoms with Crippen LogP contribution in [0.3, 0.4) is 0 Å². The number of benzene rings is 1. The zero-order valence-corrected chi connectivity index (χ0v) is 9.67. The van der Waals surface area contributed by atoms with Gasteiger partial charge in [0.25, 0.3) is 0 Å². The summed E-state index contributed by atoms with van der Waals surface area (Å²) in [5, 5.41) is 8.69. The van der Waals surface area contributed by atoms with Crippen LogP contribution in [0.1, 0.15) is 24.4 Å². The number of nitriles is 1. The van der Waals surface area contributed by atoms with E-state index >= 15 is 0 Å². The zero-order chi connectivity index (χ0) is 13.0. The summed E-state index contributed by atoms with van der Waals surface area (Å²) < 4.78 is 19.3. The predicted octanol–water partition coefficient (Wildman–Crippen LogP) is 2.63. The smallest absolute Gasteiger partial charge is 0.184 e. The molecule has 18 heavy (non-hydrogen) atoms. The molecule has 0 amide bonds. The highest BCUT2D eigenvalue weighted by atomic mass is 19.1. The lowest BCUT2D eigenvalue weighted by molar-refractivity contribution is 0.215. The first-order valence-electron chi connectivity index (χ1n) is 5.34. The lowest BCUT2D eigenvalue weighted by atomic mass is 10.2. The minimum atomic E-state index is -0.733. The predicted molar refractivity (Wildman–Crippen MR) is 62.2 cm³/mol. The van der Waals surface area contributed by atoms with E-state index < -0.39 is 11.9 Å². The minimum Gasteiger partial charge on any atom is -0.484 e. The molecule has 1 aromatic carbocycles. The van der Waals surface area contributed by atoms with E-state index in [1.165, 1.54) is 0 Å². The molecule has 0 aliphatic heterocycles. The molecular formula is C13H10FN3O. The normalized spacial score (nSPS) is 11.6. The molecule has 1 heterocycles. The van der Waals surface area contributed by atoms with Gasteiger partial charge in [0.2, 0.25) is 0 Å². The number of nitrogens with zero attached hydrogens (tertiary/aromatic N) is 3. The van der Waals surface area contributed by atoms with Crippen LogP contribution in [0.15, 0.2) is 36.7 Å². The Labute approximate surface area is 104 Å². The highest BCUT2D eigenvalue weighted by Gasteiger charge is 2.18. The summed E-state index contributed by atoms with van der Waals surface area (Å²) in [6.07, 6.45) is 0.560. The Balaban J connectivity index is 2.25. The molecule has 1 atom stereocenters. The first kappa shape index (κ1) is 12.0. The molecule has 0 N–H and O–H groups in total. The van der Waals surface area contributed by atoms with Crippen LogP contribution in [0.4, 0.5) is 4.39 Å². The van der Waals surface area contributed by atoms with Crippen molar-refractivity contribution in [1.82, 2.24) is 9.97 Å². The molecule has 0 fully saturated rings. The molecule has 0 aliphatic carbocycles. The maximum Gasteiger partial charge on any atom is 0.184 e. The third kappa shape index (κ3) is 2.43. The Hall–Kier alpha value is -2.48. The first-order valence-corrected chi connectivity index (χ1v) is 5.34. The Bertz CT molecular complexity index is 581. The third-order valence-corrected chi connectivity index (χ3v) is 2.36. The summed E-state index contributed by atoms with van der Waals surface area (Å²) in [5.74, 6) is -0.120. The fraction of sp³-hybridized carbons (Fsp3) is 0.154. The summed E-state index contributed by atoms with van der Waals surface area (Å²) in [6, 6.07) is 10.7. The van der Waals surface area contributed by atoms with Crippen LogP contribution >= 0.6 is 0 Å². The second-order valence-corrected chi connectivity index (χ2v) is 3.61. The van der Waals surface area contributed by atoms with Crippen molar-refractivity contribution >= 4 is 0 Å². The number of rotatable bonds is 3. The molecule has 4 nitrogen and oxygen atoms in total. The molecule has 1 aromatic heterocycles. The van der Waals surface area contributed by atoms with Crippen LogP contribution < -0.4 is 4.74 Å². The van der Waals surface area contributed by atoms with Crippen LogP contribution in [0.2, 0.25) is 0 Å². The molecule has 0 saturated carbocycles. The van der Waals surface area contributed by atoms with Crippen LogP contribution in [0, 0.1) is 17.1 Å². The van der Waals surface area contributed by atoms with Gasteiger partial charge in [0.05, 0.1) is 0 Å². The Morgan fingerprint density at radius 1 is 1.28 bits per heavy atom. The first-order chi connectivity index (χ1) is 8.72. The van der Waals surface area contributed by atoms with Crippen molar-refractivity contribution in [2.45, 2.75) is 13.0 Å². The van der Waals surface area contributed by atoms with Crippen molar-refractivity contribution in [2.24, 2.45) is 0 Å². The van der Waals surface area contributed by atoms with E-state index in [0.29, 0.717) is 5.75 Å². The quantitative estimate of drug-likeness (QED) is 0.831. The molecule has 0 radical (unpaired) electrons. The Morgan fingerprint density at radius 2 is 2.00 bits per heavy atom. The van der Waals surface area contributed by atoms with Gasteiger partial charge in [-0.3, -0.25) is 0 Å². The summed E-state index contributed by atoms with van der Waals surface area (Å²) in [6.45, 7) is 1.67. The van der Waals surface area contributed by atoms with Crippen molar-refractivity contribution < 1.29 is 9.13 Å². The molecule has 5 heteroatoms. The highest BCUT2D eigenvalue weighted by molar-refractivity contribution is 5.26. The van der Waals surface area contributed by atoms with Crippen molar-refractivity contribution in [3.05, 3.63) is 53.9 Å². The van der Waals surface area contributed by atoms with E-state index in [1.54, 1.807) is 25.1 Å². The fourth-order valence-corrected chi connectivity index (χ4v) is 1.50. The van der Waals surface area contributed by atoms with E-state index in [1.807, 2.05) is 18.2 Å². The second-order valence-electron chi connectivity index (χ2n) is 3.61. The number of halogens is 1. The summed E-state index contributed by atoms with van der Waals surface area (Å²) in [7, 11) is 0. The van der Waals surface area contributed by atoms with Gasteiger partial charge in [0, 0.05) is 0 Å². The van der Waals surface area contributed by atoms with Gasteiger partial charge in [-0.2, -0.15) is 5.26 Å². The molecule has 90 valence electrons. The van der Waals surface area contributed by atoms with Gasteiger partial charge in [-0.15, -0.1) is 0 Å². The fourth-order valence-electron chi connectivity index (χ4n) is 1.50. The standard InChI is InChI=1S/C13H10FN3O/c1-9(18-10-5-3-2-4-6-10)13-12(14)11(7-15)16-8-17-13/h2-6,8-9H,1H3. The number of hydrogen-bond donors (Lipinski definition) is 0. The summed E-state index contributed by atoms with van der Waals surface area (Å²) >= 11 is 0. The van der Waals surface area contributed by atoms with Crippen LogP contribution in [0.5, 0.6) is 5.75 Å². The lowest BCUT2D eigenvalue weighted by Crippen LogP contribution is -2.10. The Morgan fingerprint density at radius 3 is 2.67 bits per heavy atom.